The number of nitrogens with one attached hydrogen (secondary N) is 1. The number of rotatable bonds is 2. The van der Waals surface area contributed by atoms with E-state index in [1.165, 1.54) is 12.1 Å². The number of hydrogen-bond acceptors (Lipinski definition) is 3. The predicted molar refractivity (Wildman–Crippen MR) is 63.9 cm³/mol. The van der Waals surface area contributed by atoms with Crippen molar-refractivity contribution < 1.29 is 13.9 Å². The molecule has 0 aromatic heterocycles. The Morgan fingerprint density at radius 3 is 2.65 bits per heavy atom. The number of alkyl carbamates (subject to hydrolysis) is 1. The maximum absolute atomic E-state index is 13.1. The topological polar surface area (TPSA) is 64.3 Å². The average molecular weight is 240 g/mol. The van der Waals surface area contributed by atoms with Gasteiger partial charge in [0.15, 0.2) is 0 Å². The lowest BCUT2D eigenvalue weighted by Gasteiger charge is -2.19. The number of ether oxygens (including phenoxy) is 1. The first-order valence-corrected chi connectivity index (χ1v) is 5.27. The van der Waals surface area contributed by atoms with Gasteiger partial charge in [-0.05, 0) is 38.5 Å². The van der Waals surface area contributed by atoms with E-state index in [9.17, 15) is 9.18 Å². The number of amides is 1. The largest absolute Gasteiger partial charge is 0.445 e. The number of anilines is 1. The van der Waals surface area contributed by atoms with Crippen molar-refractivity contribution in [3.8, 4) is 0 Å². The van der Waals surface area contributed by atoms with E-state index in [0.29, 0.717) is 5.56 Å². The van der Waals surface area contributed by atoms with E-state index in [1.807, 2.05) is 20.8 Å². The highest BCUT2D eigenvalue weighted by atomic mass is 19.1. The maximum atomic E-state index is 13.1. The molecule has 0 aliphatic rings. The van der Waals surface area contributed by atoms with E-state index in [1.54, 1.807) is 6.07 Å². The molecule has 0 aliphatic heterocycles. The maximum Gasteiger partial charge on any atom is 0.407 e. The fourth-order valence-corrected chi connectivity index (χ4v) is 1.15. The number of carbonyl (C=O) groups excluding carboxylic acids is 1. The van der Waals surface area contributed by atoms with Crippen molar-refractivity contribution in [2.75, 3.05) is 5.73 Å². The van der Waals surface area contributed by atoms with Crippen LogP contribution >= 0.6 is 0 Å². The minimum absolute atomic E-state index is 0.0130. The standard InChI is InChI=1S/C12H17FN2O2/c1-12(2,3)15-11(16)17-7-8-4-5-10(14)9(13)6-8/h4-6H,7,14H2,1-3H3,(H,15,16). The SMILES string of the molecule is CC(C)(C)NC(=O)OCc1ccc(N)c(F)c1. The van der Waals surface area contributed by atoms with Gasteiger partial charge in [-0.1, -0.05) is 6.07 Å². The summed E-state index contributed by atoms with van der Waals surface area (Å²) in [6.07, 6.45) is -0.533. The molecule has 1 aromatic carbocycles. The van der Waals surface area contributed by atoms with Gasteiger partial charge in [0.05, 0.1) is 5.69 Å². The summed E-state index contributed by atoms with van der Waals surface area (Å²) in [5.74, 6) is -0.512. The van der Waals surface area contributed by atoms with Crippen molar-refractivity contribution in [3.05, 3.63) is 29.6 Å². The van der Waals surface area contributed by atoms with Crippen LogP contribution in [0.25, 0.3) is 0 Å². The number of halogens is 1. The summed E-state index contributed by atoms with van der Waals surface area (Å²) in [5.41, 5.74) is 5.61. The van der Waals surface area contributed by atoms with Crippen LogP contribution in [0.1, 0.15) is 26.3 Å². The summed E-state index contributed by atoms with van der Waals surface area (Å²) in [6, 6.07) is 4.30. The van der Waals surface area contributed by atoms with Crippen LogP contribution in [0.15, 0.2) is 18.2 Å². The van der Waals surface area contributed by atoms with Crippen LogP contribution in [0.5, 0.6) is 0 Å². The zero-order valence-electron chi connectivity index (χ0n) is 10.2. The second-order valence-corrected chi connectivity index (χ2v) is 4.81. The third-order valence-corrected chi connectivity index (χ3v) is 1.91. The van der Waals surface area contributed by atoms with E-state index in [-0.39, 0.29) is 17.8 Å². The number of hydrogen-bond donors (Lipinski definition) is 2. The third-order valence-electron chi connectivity index (χ3n) is 1.91. The number of nitrogens with two attached hydrogens (primary N) is 1. The summed E-state index contributed by atoms with van der Waals surface area (Å²) in [5, 5.41) is 2.64. The summed E-state index contributed by atoms with van der Waals surface area (Å²) in [6.45, 7) is 5.55. The molecular formula is C12H17FN2O2. The molecule has 0 spiro atoms. The molecule has 0 bridgehead atoms. The Labute approximate surface area is 100.0 Å². The van der Waals surface area contributed by atoms with E-state index in [2.05, 4.69) is 5.32 Å². The fraction of sp³-hybridized carbons (Fsp3) is 0.417. The van der Waals surface area contributed by atoms with E-state index >= 15 is 0 Å². The van der Waals surface area contributed by atoms with Crippen LogP contribution in [0.4, 0.5) is 14.9 Å². The molecule has 4 nitrogen and oxygen atoms in total. The van der Waals surface area contributed by atoms with Crippen molar-refractivity contribution in [1.82, 2.24) is 5.32 Å². The van der Waals surface area contributed by atoms with Crippen molar-refractivity contribution in [2.45, 2.75) is 32.9 Å². The van der Waals surface area contributed by atoms with Gasteiger partial charge >= 0.3 is 6.09 Å². The van der Waals surface area contributed by atoms with Crippen LogP contribution in [0.2, 0.25) is 0 Å². The second kappa shape index (κ2) is 5.03. The summed E-state index contributed by atoms with van der Waals surface area (Å²) < 4.78 is 18.0. The first kappa shape index (κ1) is 13.3. The van der Waals surface area contributed by atoms with Gasteiger partial charge in [-0.15, -0.1) is 0 Å². The van der Waals surface area contributed by atoms with Crippen LogP contribution < -0.4 is 11.1 Å². The molecule has 5 heteroatoms. The Morgan fingerprint density at radius 2 is 2.12 bits per heavy atom. The van der Waals surface area contributed by atoms with Crippen molar-refractivity contribution in [2.24, 2.45) is 0 Å². The second-order valence-electron chi connectivity index (χ2n) is 4.81. The van der Waals surface area contributed by atoms with Crippen LogP contribution in [0.3, 0.4) is 0 Å². The Kier molecular flexibility index (Phi) is 3.93. The average Bonchev–Trinajstić information content (AvgIpc) is 2.17. The molecule has 0 radical (unpaired) electrons. The van der Waals surface area contributed by atoms with Gasteiger partial charge in [-0.3, -0.25) is 0 Å². The fourth-order valence-electron chi connectivity index (χ4n) is 1.15. The normalized spacial score (nSPS) is 11.1. The van der Waals surface area contributed by atoms with Gasteiger partial charge in [0.2, 0.25) is 0 Å². The van der Waals surface area contributed by atoms with E-state index in [4.69, 9.17) is 10.5 Å². The highest BCUT2D eigenvalue weighted by molar-refractivity contribution is 5.68. The first-order chi connectivity index (χ1) is 7.78. The molecule has 1 amide bonds. The Morgan fingerprint density at radius 1 is 1.47 bits per heavy atom. The third kappa shape index (κ3) is 4.72. The predicted octanol–water partition coefficient (Wildman–Crippen LogP) is 2.43. The van der Waals surface area contributed by atoms with Gasteiger partial charge < -0.3 is 15.8 Å². The number of nitrogen functional groups attached to an aromatic ring is 1. The Hall–Kier alpha value is -1.78. The zero-order valence-corrected chi connectivity index (χ0v) is 10.2. The number of benzene rings is 1. The van der Waals surface area contributed by atoms with Gasteiger partial charge in [0.1, 0.15) is 12.4 Å². The highest BCUT2D eigenvalue weighted by Crippen LogP contribution is 2.12. The van der Waals surface area contributed by atoms with Crippen LogP contribution in [0, 0.1) is 5.82 Å². The van der Waals surface area contributed by atoms with E-state index < -0.39 is 11.9 Å². The Bertz CT molecular complexity index is 413. The number of carbonyl (C=O) groups is 1. The molecule has 0 aliphatic carbocycles. The molecule has 0 fully saturated rings. The monoisotopic (exact) mass is 240 g/mol. The molecule has 94 valence electrons. The van der Waals surface area contributed by atoms with Crippen molar-refractivity contribution >= 4 is 11.8 Å². The van der Waals surface area contributed by atoms with Crippen LogP contribution in [-0.4, -0.2) is 11.6 Å². The molecule has 0 heterocycles. The lowest BCUT2D eigenvalue weighted by atomic mass is 10.1. The molecule has 17 heavy (non-hydrogen) atoms. The molecule has 0 unspecified atom stereocenters. The summed E-state index contributed by atoms with van der Waals surface area (Å²) >= 11 is 0. The molecule has 3 N–H and O–H groups in total. The van der Waals surface area contributed by atoms with Gasteiger partial charge in [-0.2, -0.15) is 0 Å². The minimum atomic E-state index is -0.533. The van der Waals surface area contributed by atoms with Gasteiger partial charge in [0, 0.05) is 5.54 Å². The summed E-state index contributed by atoms with van der Waals surface area (Å²) in [7, 11) is 0. The lowest BCUT2D eigenvalue weighted by Crippen LogP contribution is -2.40. The molecule has 0 saturated carbocycles. The minimum Gasteiger partial charge on any atom is -0.445 e. The van der Waals surface area contributed by atoms with Gasteiger partial charge in [0.25, 0.3) is 0 Å². The van der Waals surface area contributed by atoms with Crippen molar-refractivity contribution in [1.29, 1.82) is 0 Å². The Balaban J connectivity index is 2.50. The molecule has 1 rings (SSSR count). The zero-order chi connectivity index (χ0) is 13.1. The highest BCUT2D eigenvalue weighted by Gasteiger charge is 2.14. The van der Waals surface area contributed by atoms with E-state index in [0.717, 1.165) is 0 Å². The smallest absolute Gasteiger partial charge is 0.407 e. The lowest BCUT2D eigenvalue weighted by molar-refractivity contribution is 0.131. The molecule has 0 saturated heterocycles. The molecular weight excluding hydrogens is 223 g/mol. The van der Waals surface area contributed by atoms with Gasteiger partial charge in [-0.25, -0.2) is 9.18 Å². The molecule has 0 atom stereocenters. The van der Waals surface area contributed by atoms with Crippen LogP contribution in [-0.2, 0) is 11.3 Å². The van der Waals surface area contributed by atoms with Crippen molar-refractivity contribution in [3.63, 3.8) is 0 Å². The molecule has 1 aromatic rings. The summed E-state index contributed by atoms with van der Waals surface area (Å²) in [4.78, 5) is 11.3. The quantitative estimate of drug-likeness (QED) is 0.780. The first-order valence-electron chi connectivity index (χ1n) is 5.27.